The minimum Gasteiger partial charge on any atom is -0.493 e. The molecule has 1 fully saturated rings. The van der Waals surface area contributed by atoms with E-state index in [4.69, 9.17) is 24.7 Å². The summed E-state index contributed by atoms with van der Waals surface area (Å²) in [5, 5.41) is 3.09. The van der Waals surface area contributed by atoms with Crippen molar-refractivity contribution in [1.29, 1.82) is 0 Å². The summed E-state index contributed by atoms with van der Waals surface area (Å²) in [5.41, 5.74) is 7.93. The third kappa shape index (κ3) is 6.03. The van der Waals surface area contributed by atoms with Crippen LogP contribution in [0, 0.1) is 0 Å². The van der Waals surface area contributed by atoms with E-state index in [9.17, 15) is 0 Å². The van der Waals surface area contributed by atoms with Gasteiger partial charge in [-0.1, -0.05) is 19.3 Å². The summed E-state index contributed by atoms with van der Waals surface area (Å²) in [5.74, 6) is 2.64. The van der Waals surface area contributed by atoms with Gasteiger partial charge in [0.2, 0.25) is 11.7 Å². The number of nitrogen functional groups attached to an aromatic ring is 1. The first-order valence-electron chi connectivity index (χ1n) is 9.90. The van der Waals surface area contributed by atoms with Crippen molar-refractivity contribution in [1.82, 2.24) is 9.97 Å². The summed E-state index contributed by atoms with van der Waals surface area (Å²) >= 11 is 0. The van der Waals surface area contributed by atoms with Crippen molar-refractivity contribution in [3.05, 3.63) is 29.5 Å². The van der Waals surface area contributed by atoms with Crippen LogP contribution in [-0.4, -0.2) is 44.1 Å². The van der Waals surface area contributed by atoms with Crippen LogP contribution in [0.15, 0.2) is 18.3 Å². The number of ether oxygens (including phenoxy) is 4. The Balaban J connectivity index is 0.00000320. The SMILES string of the molecule is COc1cc(Cc2cnc(NCOC3CCCCC3)nc2N)cc(OC)c1OC.Cl. The second-order valence-corrected chi connectivity index (χ2v) is 7.06. The number of nitrogens with two attached hydrogens (primary N) is 1. The molecule has 3 N–H and O–H groups in total. The highest BCUT2D eigenvalue weighted by molar-refractivity contribution is 5.85. The fraction of sp³-hybridized carbons (Fsp3) is 0.524. The second kappa shape index (κ2) is 11.7. The van der Waals surface area contributed by atoms with Crippen LogP contribution in [0.25, 0.3) is 0 Å². The molecule has 1 aliphatic rings. The topological polar surface area (TPSA) is 101 Å². The molecule has 1 aromatic heterocycles. The fourth-order valence-electron chi connectivity index (χ4n) is 3.55. The minimum atomic E-state index is 0. The maximum absolute atomic E-state index is 6.16. The van der Waals surface area contributed by atoms with Crippen molar-refractivity contribution >= 4 is 24.2 Å². The Morgan fingerprint density at radius 3 is 2.27 bits per heavy atom. The molecule has 3 rings (SSSR count). The summed E-state index contributed by atoms with van der Waals surface area (Å²) in [6.07, 6.45) is 8.63. The number of anilines is 2. The number of hydrogen-bond donors (Lipinski definition) is 2. The summed E-state index contributed by atoms with van der Waals surface area (Å²) in [6.45, 7) is 0.385. The number of nitrogens with zero attached hydrogens (tertiary/aromatic N) is 2. The minimum absolute atomic E-state index is 0. The highest BCUT2D eigenvalue weighted by Gasteiger charge is 2.15. The summed E-state index contributed by atoms with van der Waals surface area (Å²) in [6, 6.07) is 3.79. The Hall–Kier alpha value is -2.45. The standard InChI is InChI=1S/C21H30N4O4.ClH/c1-26-17-10-14(11-18(27-2)19(17)28-3)9-15-12-23-21(25-20(15)22)24-13-29-16-7-5-4-6-8-16;/h10-12,16H,4-9,13H2,1-3H3,(H3,22,23,24,25);1H. The third-order valence-corrected chi connectivity index (χ3v) is 5.12. The van der Waals surface area contributed by atoms with Crippen molar-refractivity contribution < 1.29 is 18.9 Å². The van der Waals surface area contributed by atoms with E-state index in [1.54, 1.807) is 27.5 Å². The molecule has 1 heterocycles. The van der Waals surface area contributed by atoms with Crippen LogP contribution in [0.4, 0.5) is 11.8 Å². The monoisotopic (exact) mass is 438 g/mol. The quantitative estimate of drug-likeness (QED) is 0.570. The zero-order valence-corrected chi connectivity index (χ0v) is 18.6. The molecule has 1 aromatic carbocycles. The molecule has 0 aliphatic heterocycles. The van der Waals surface area contributed by atoms with Crippen molar-refractivity contribution in [2.24, 2.45) is 0 Å². The molecular formula is C21H31ClN4O4. The third-order valence-electron chi connectivity index (χ3n) is 5.12. The van der Waals surface area contributed by atoms with Crippen LogP contribution in [0.5, 0.6) is 17.2 Å². The van der Waals surface area contributed by atoms with Gasteiger partial charge in [0.1, 0.15) is 12.5 Å². The number of benzene rings is 1. The van der Waals surface area contributed by atoms with Crippen LogP contribution >= 0.6 is 12.4 Å². The molecule has 0 amide bonds. The molecule has 1 aliphatic carbocycles. The van der Waals surface area contributed by atoms with E-state index in [0.29, 0.717) is 48.3 Å². The van der Waals surface area contributed by atoms with E-state index in [2.05, 4.69) is 15.3 Å². The van der Waals surface area contributed by atoms with E-state index in [1.165, 1.54) is 19.3 Å². The molecule has 0 saturated heterocycles. The molecule has 8 nitrogen and oxygen atoms in total. The van der Waals surface area contributed by atoms with Gasteiger partial charge in [-0.25, -0.2) is 4.98 Å². The van der Waals surface area contributed by atoms with E-state index >= 15 is 0 Å². The van der Waals surface area contributed by atoms with E-state index < -0.39 is 0 Å². The average molecular weight is 439 g/mol. The largest absolute Gasteiger partial charge is 0.493 e. The van der Waals surface area contributed by atoms with Gasteiger partial charge in [0, 0.05) is 18.2 Å². The van der Waals surface area contributed by atoms with E-state index in [0.717, 1.165) is 24.0 Å². The molecule has 0 radical (unpaired) electrons. The lowest BCUT2D eigenvalue weighted by Crippen LogP contribution is -2.21. The molecule has 9 heteroatoms. The number of aromatic nitrogens is 2. The maximum Gasteiger partial charge on any atom is 0.226 e. The first-order chi connectivity index (χ1) is 14.1. The predicted octanol–water partition coefficient (Wildman–Crippen LogP) is 3.82. The van der Waals surface area contributed by atoms with Crippen molar-refractivity contribution in [2.75, 3.05) is 39.1 Å². The first-order valence-corrected chi connectivity index (χ1v) is 9.90. The summed E-state index contributed by atoms with van der Waals surface area (Å²) < 4.78 is 22.0. The fourth-order valence-corrected chi connectivity index (χ4v) is 3.55. The van der Waals surface area contributed by atoms with Gasteiger partial charge in [0.15, 0.2) is 11.5 Å². The van der Waals surface area contributed by atoms with Gasteiger partial charge in [-0.3, -0.25) is 0 Å². The maximum atomic E-state index is 6.16. The average Bonchev–Trinajstić information content (AvgIpc) is 2.75. The van der Waals surface area contributed by atoms with Crippen LogP contribution in [0.3, 0.4) is 0 Å². The number of methoxy groups -OCH3 is 3. The highest BCUT2D eigenvalue weighted by atomic mass is 35.5. The number of halogens is 1. The Labute approximate surface area is 183 Å². The zero-order chi connectivity index (χ0) is 20.6. The number of nitrogens with one attached hydrogen (secondary N) is 1. The Kier molecular flexibility index (Phi) is 9.26. The van der Waals surface area contributed by atoms with Gasteiger partial charge in [-0.15, -0.1) is 12.4 Å². The molecule has 1 saturated carbocycles. The van der Waals surface area contributed by atoms with Crippen molar-refractivity contribution in [2.45, 2.75) is 44.6 Å². The van der Waals surface area contributed by atoms with Crippen LogP contribution in [-0.2, 0) is 11.2 Å². The first kappa shape index (κ1) is 23.8. The number of hydrogen-bond acceptors (Lipinski definition) is 8. The summed E-state index contributed by atoms with van der Waals surface area (Å²) in [4.78, 5) is 8.73. The van der Waals surface area contributed by atoms with Crippen LogP contribution in [0.1, 0.15) is 43.2 Å². The number of rotatable bonds is 9. The van der Waals surface area contributed by atoms with Gasteiger partial charge in [-0.05, 0) is 30.5 Å². The van der Waals surface area contributed by atoms with Gasteiger partial charge in [-0.2, -0.15) is 4.98 Å². The van der Waals surface area contributed by atoms with Crippen molar-refractivity contribution in [3.8, 4) is 17.2 Å². The molecule has 0 bridgehead atoms. The molecule has 2 aromatic rings. The normalized spacial score (nSPS) is 14.0. The van der Waals surface area contributed by atoms with Crippen molar-refractivity contribution in [3.63, 3.8) is 0 Å². The predicted molar refractivity (Wildman–Crippen MR) is 119 cm³/mol. The second-order valence-electron chi connectivity index (χ2n) is 7.06. The lowest BCUT2D eigenvalue weighted by atomic mass is 9.98. The Morgan fingerprint density at radius 1 is 1.03 bits per heavy atom. The Bertz CT molecular complexity index is 791. The summed E-state index contributed by atoms with van der Waals surface area (Å²) in [7, 11) is 4.76. The van der Waals surface area contributed by atoms with Crippen LogP contribution in [0.2, 0.25) is 0 Å². The van der Waals surface area contributed by atoms with Gasteiger partial charge in [0.25, 0.3) is 0 Å². The smallest absolute Gasteiger partial charge is 0.226 e. The molecule has 30 heavy (non-hydrogen) atoms. The van der Waals surface area contributed by atoms with Gasteiger partial charge < -0.3 is 30.0 Å². The molecular weight excluding hydrogens is 408 g/mol. The molecule has 0 spiro atoms. The highest BCUT2D eigenvalue weighted by Crippen LogP contribution is 2.38. The lowest BCUT2D eigenvalue weighted by molar-refractivity contribution is 0.0397. The van der Waals surface area contributed by atoms with Crippen LogP contribution < -0.4 is 25.3 Å². The van der Waals surface area contributed by atoms with Gasteiger partial charge in [0.05, 0.1) is 27.4 Å². The molecule has 0 unspecified atom stereocenters. The van der Waals surface area contributed by atoms with E-state index in [-0.39, 0.29) is 12.4 Å². The van der Waals surface area contributed by atoms with Gasteiger partial charge >= 0.3 is 0 Å². The zero-order valence-electron chi connectivity index (χ0n) is 17.8. The molecule has 166 valence electrons. The molecule has 0 atom stereocenters. The van der Waals surface area contributed by atoms with E-state index in [1.807, 2.05) is 12.1 Å². The Morgan fingerprint density at radius 2 is 1.70 bits per heavy atom. The lowest BCUT2D eigenvalue weighted by Gasteiger charge is -2.22.